The Balaban J connectivity index is 1.96. The largest absolute Gasteiger partial charge is 0.121 e. The van der Waals surface area contributed by atoms with Crippen molar-refractivity contribution in [3.05, 3.63) is 65.2 Å². The zero-order valence-corrected chi connectivity index (χ0v) is 9.68. The third-order valence-electron chi connectivity index (χ3n) is 2.01. The lowest BCUT2D eigenvalue weighted by atomic mass is 10.2. The summed E-state index contributed by atoms with van der Waals surface area (Å²) in [7, 11) is 0. The SMILES string of the molecule is Clc1ccc(CSc2cc[c]cc2)cc1. The summed E-state index contributed by atoms with van der Waals surface area (Å²) < 4.78 is 0. The summed E-state index contributed by atoms with van der Waals surface area (Å²) in [4.78, 5) is 1.27. The van der Waals surface area contributed by atoms with Gasteiger partial charge in [0.15, 0.2) is 0 Å². The van der Waals surface area contributed by atoms with E-state index in [-0.39, 0.29) is 0 Å². The van der Waals surface area contributed by atoms with Gasteiger partial charge >= 0.3 is 0 Å². The number of benzene rings is 2. The molecule has 0 nitrogen and oxygen atoms in total. The molecule has 0 fully saturated rings. The summed E-state index contributed by atoms with van der Waals surface area (Å²) in [5.74, 6) is 0.973. The van der Waals surface area contributed by atoms with Gasteiger partial charge in [-0.25, -0.2) is 0 Å². The molecule has 0 unspecified atom stereocenters. The molecule has 0 N–H and O–H groups in total. The number of thioether (sulfide) groups is 1. The van der Waals surface area contributed by atoms with E-state index in [1.165, 1.54) is 10.5 Å². The third-order valence-corrected chi connectivity index (χ3v) is 3.34. The predicted octanol–water partition coefficient (Wildman–Crippen LogP) is 4.43. The highest BCUT2D eigenvalue weighted by Gasteiger charge is 1.95. The first-order valence-corrected chi connectivity index (χ1v) is 6.04. The summed E-state index contributed by atoms with van der Waals surface area (Å²) in [5, 5.41) is 0.790. The fourth-order valence-corrected chi connectivity index (χ4v) is 2.20. The van der Waals surface area contributed by atoms with Gasteiger partial charge in [0, 0.05) is 15.7 Å². The zero-order valence-electron chi connectivity index (χ0n) is 8.11. The molecule has 0 aliphatic rings. The first kappa shape index (κ1) is 10.6. The summed E-state index contributed by atoms with van der Waals surface area (Å²) in [6, 6.07) is 19.0. The van der Waals surface area contributed by atoms with Gasteiger partial charge in [-0.2, -0.15) is 0 Å². The van der Waals surface area contributed by atoms with Crippen LogP contribution < -0.4 is 0 Å². The van der Waals surface area contributed by atoms with Crippen LogP contribution >= 0.6 is 23.4 Å². The molecule has 15 heavy (non-hydrogen) atoms. The molecule has 0 amide bonds. The Bertz CT molecular complexity index is 408. The molecule has 0 saturated carbocycles. The minimum atomic E-state index is 0.790. The Morgan fingerprint density at radius 3 is 2.33 bits per heavy atom. The first-order valence-electron chi connectivity index (χ1n) is 4.68. The van der Waals surface area contributed by atoms with Crippen LogP contribution in [0.25, 0.3) is 0 Å². The van der Waals surface area contributed by atoms with Crippen LogP contribution in [0, 0.1) is 6.07 Å². The van der Waals surface area contributed by atoms with Crippen LogP contribution in [0.3, 0.4) is 0 Å². The first-order chi connectivity index (χ1) is 7.34. The third kappa shape index (κ3) is 3.29. The minimum Gasteiger partial charge on any atom is -0.121 e. The highest BCUT2D eigenvalue weighted by atomic mass is 35.5. The average Bonchev–Trinajstić information content (AvgIpc) is 2.30. The van der Waals surface area contributed by atoms with Crippen LogP contribution in [-0.4, -0.2) is 0 Å². The van der Waals surface area contributed by atoms with Crippen molar-refractivity contribution in [1.82, 2.24) is 0 Å². The van der Waals surface area contributed by atoms with E-state index in [1.807, 2.05) is 36.0 Å². The second-order valence-corrected chi connectivity index (χ2v) is 4.64. The van der Waals surface area contributed by atoms with Crippen molar-refractivity contribution < 1.29 is 0 Å². The van der Waals surface area contributed by atoms with Gasteiger partial charge in [0.05, 0.1) is 0 Å². The molecule has 75 valence electrons. The second kappa shape index (κ2) is 5.24. The molecule has 2 aromatic rings. The Morgan fingerprint density at radius 2 is 1.67 bits per heavy atom. The van der Waals surface area contributed by atoms with E-state index in [0.717, 1.165) is 10.8 Å². The van der Waals surface area contributed by atoms with Crippen LogP contribution in [0.5, 0.6) is 0 Å². The Hall–Kier alpha value is -0.920. The monoisotopic (exact) mass is 233 g/mol. The molecule has 0 aliphatic heterocycles. The number of hydrogen-bond donors (Lipinski definition) is 0. The maximum absolute atomic E-state index is 5.82. The lowest BCUT2D eigenvalue weighted by Gasteiger charge is -2.01. The van der Waals surface area contributed by atoms with Crippen molar-refractivity contribution in [3.8, 4) is 0 Å². The maximum atomic E-state index is 5.82. The Morgan fingerprint density at radius 1 is 1.00 bits per heavy atom. The van der Waals surface area contributed by atoms with E-state index in [1.54, 1.807) is 0 Å². The predicted molar refractivity (Wildman–Crippen MR) is 66.3 cm³/mol. The normalized spacial score (nSPS) is 10.2. The van der Waals surface area contributed by atoms with E-state index < -0.39 is 0 Å². The molecule has 1 radical (unpaired) electrons. The van der Waals surface area contributed by atoms with Crippen molar-refractivity contribution in [1.29, 1.82) is 0 Å². The molecule has 0 atom stereocenters. The van der Waals surface area contributed by atoms with Crippen LogP contribution in [0.4, 0.5) is 0 Å². The molecular weight excluding hydrogens is 224 g/mol. The Kier molecular flexibility index (Phi) is 3.70. The van der Waals surface area contributed by atoms with Crippen molar-refractivity contribution in [2.24, 2.45) is 0 Å². The fourth-order valence-electron chi connectivity index (χ4n) is 1.22. The van der Waals surface area contributed by atoms with E-state index in [0.29, 0.717) is 0 Å². The molecule has 0 spiro atoms. The number of hydrogen-bond acceptors (Lipinski definition) is 1. The summed E-state index contributed by atoms with van der Waals surface area (Å²) in [6.07, 6.45) is 0. The van der Waals surface area contributed by atoms with E-state index in [9.17, 15) is 0 Å². The molecule has 2 aromatic carbocycles. The van der Waals surface area contributed by atoms with Gasteiger partial charge in [-0.05, 0) is 35.9 Å². The molecule has 2 rings (SSSR count). The van der Waals surface area contributed by atoms with Crippen LogP contribution in [0.2, 0.25) is 5.02 Å². The lowest BCUT2D eigenvalue weighted by Crippen LogP contribution is -1.79. The van der Waals surface area contributed by atoms with Crippen molar-refractivity contribution in [3.63, 3.8) is 0 Å². The molecule has 2 heteroatoms. The number of halogens is 1. The van der Waals surface area contributed by atoms with E-state index >= 15 is 0 Å². The molecule has 0 aromatic heterocycles. The van der Waals surface area contributed by atoms with Gasteiger partial charge in [0.1, 0.15) is 0 Å². The van der Waals surface area contributed by atoms with Gasteiger partial charge in [0.25, 0.3) is 0 Å². The lowest BCUT2D eigenvalue weighted by molar-refractivity contribution is 1.38. The van der Waals surface area contributed by atoms with Gasteiger partial charge in [0.2, 0.25) is 0 Å². The van der Waals surface area contributed by atoms with Gasteiger partial charge in [-0.3, -0.25) is 0 Å². The highest BCUT2D eigenvalue weighted by molar-refractivity contribution is 7.98. The summed E-state index contributed by atoms with van der Waals surface area (Å²) >= 11 is 7.63. The van der Waals surface area contributed by atoms with Crippen molar-refractivity contribution in [2.75, 3.05) is 0 Å². The number of rotatable bonds is 3. The minimum absolute atomic E-state index is 0.790. The van der Waals surface area contributed by atoms with Crippen LogP contribution in [-0.2, 0) is 5.75 Å². The summed E-state index contributed by atoms with van der Waals surface area (Å²) in [5.41, 5.74) is 1.29. The molecule has 0 saturated heterocycles. The fraction of sp³-hybridized carbons (Fsp3) is 0.0769. The van der Waals surface area contributed by atoms with E-state index in [2.05, 4.69) is 30.3 Å². The maximum Gasteiger partial charge on any atom is 0.0406 e. The molecular formula is C13H10ClS. The van der Waals surface area contributed by atoms with Gasteiger partial charge < -0.3 is 0 Å². The topological polar surface area (TPSA) is 0 Å². The van der Waals surface area contributed by atoms with Crippen molar-refractivity contribution >= 4 is 23.4 Å². The zero-order chi connectivity index (χ0) is 10.5. The molecule has 0 bridgehead atoms. The van der Waals surface area contributed by atoms with Crippen LogP contribution in [0.15, 0.2) is 53.4 Å². The summed E-state index contributed by atoms with van der Waals surface area (Å²) in [6.45, 7) is 0. The van der Waals surface area contributed by atoms with Gasteiger partial charge in [-0.1, -0.05) is 35.9 Å². The smallest absolute Gasteiger partial charge is 0.0406 e. The van der Waals surface area contributed by atoms with Gasteiger partial charge in [-0.15, -0.1) is 11.8 Å². The van der Waals surface area contributed by atoms with E-state index in [4.69, 9.17) is 11.6 Å². The quantitative estimate of drug-likeness (QED) is 0.707. The highest BCUT2D eigenvalue weighted by Crippen LogP contribution is 2.22. The average molecular weight is 234 g/mol. The van der Waals surface area contributed by atoms with Crippen LogP contribution in [0.1, 0.15) is 5.56 Å². The molecule has 0 heterocycles. The molecule has 0 aliphatic carbocycles. The van der Waals surface area contributed by atoms with Crippen molar-refractivity contribution in [2.45, 2.75) is 10.6 Å². The second-order valence-electron chi connectivity index (χ2n) is 3.15. The standard InChI is InChI=1S/C13H10ClS/c14-12-8-6-11(7-9-12)10-15-13-4-2-1-3-5-13/h2-9H,10H2. The Labute approximate surface area is 99.3 Å².